The summed E-state index contributed by atoms with van der Waals surface area (Å²) in [5.41, 5.74) is 16.8. The lowest BCUT2D eigenvalue weighted by molar-refractivity contribution is 0.568. The first kappa shape index (κ1) is 36.4. The molecular formula is C51H56N2. The number of hydrogen-bond donors (Lipinski definition) is 1. The summed E-state index contributed by atoms with van der Waals surface area (Å²) < 4.78 is 0. The van der Waals surface area contributed by atoms with Gasteiger partial charge in [0.25, 0.3) is 0 Å². The number of hydrogen-bond acceptors (Lipinski definition) is 1. The molecule has 0 radical (unpaired) electrons. The summed E-state index contributed by atoms with van der Waals surface area (Å²) in [6, 6.07) is 43.1. The van der Waals surface area contributed by atoms with E-state index in [-0.39, 0.29) is 21.7 Å². The Hall–Kier alpha value is -4.95. The highest BCUT2D eigenvalue weighted by Crippen LogP contribution is 2.40. The smallest absolute Gasteiger partial charge is 0.0730 e. The molecule has 0 aliphatic heterocycles. The number of rotatable bonds is 4. The van der Waals surface area contributed by atoms with E-state index in [1.807, 2.05) is 0 Å². The van der Waals surface area contributed by atoms with Gasteiger partial charge in [-0.3, -0.25) is 0 Å². The van der Waals surface area contributed by atoms with Crippen LogP contribution in [0.5, 0.6) is 0 Å². The Morgan fingerprint density at radius 1 is 0.377 bits per heavy atom. The predicted molar refractivity (Wildman–Crippen MR) is 230 cm³/mol. The summed E-state index contributed by atoms with van der Waals surface area (Å²) in [4.78, 5) is 9.11. The van der Waals surface area contributed by atoms with Gasteiger partial charge in [-0.2, -0.15) is 0 Å². The van der Waals surface area contributed by atoms with Crippen molar-refractivity contribution < 1.29 is 0 Å². The van der Waals surface area contributed by atoms with Crippen molar-refractivity contribution in [1.82, 2.24) is 9.97 Å². The standard InChI is InChI=1S/C51H56N2/c1-48(2,3)37-26-34(27-38(30-37)49(4,5)6)32-23-33(35-28-39(50(7,8)9)31-40(29-35)51(10,11)12)25-36(24-32)44-21-16-22-46(52-44)43-19-15-18-42-41-17-13-14-20-45(41)53-47(42)43/h13-31,53H,1-12H3. The second kappa shape index (κ2) is 12.9. The van der Waals surface area contributed by atoms with Crippen LogP contribution in [0.2, 0.25) is 0 Å². The molecule has 7 rings (SSSR count). The van der Waals surface area contributed by atoms with Gasteiger partial charge in [-0.15, -0.1) is 0 Å². The molecule has 0 fully saturated rings. The van der Waals surface area contributed by atoms with Crippen LogP contribution in [0, 0.1) is 0 Å². The van der Waals surface area contributed by atoms with E-state index in [2.05, 4.69) is 203 Å². The van der Waals surface area contributed by atoms with Gasteiger partial charge >= 0.3 is 0 Å². The van der Waals surface area contributed by atoms with Crippen molar-refractivity contribution in [2.24, 2.45) is 0 Å². The number of fused-ring (bicyclic) bond motifs is 3. The first-order valence-corrected chi connectivity index (χ1v) is 19.2. The SMILES string of the molecule is CC(C)(C)c1cc(-c2cc(-c3cc(C(C)(C)C)cc(C(C)(C)C)c3)cc(-c3cccc(-c4cccc5c4[nH]c4ccccc45)n3)c2)cc(C(C)(C)C)c1. The zero-order valence-corrected chi connectivity index (χ0v) is 33.9. The third kappa shape index (κ3) is 7.34. The second-order valence-corrected chi connectivity index (χ2v) is 19.2. The van der Waals surface area contributed by atoms with Crippen molar-refractivity contribution in [1.29, 1.82) is 0 Å². The van der Waals surface area contributed by atoms with E-state index >= 15 is 0 Å². The lowest BCUT2D eigenvalue weighted by Crippen LogP contribution is -2.16. The van der Waals surface area contributed by atoms with Gasteiger partial charge in [0, 0.05) is 27.4 Å². The minimum Gasteiger partial charge on any atom is -0.354 e. The highest BCUT2D eigenvalue weighted by atomic mass is 14.7. The monoisotopic (exact) mass is 696 g/mol. The predicted octanol–water partition coefficient (Wildman–Crippen LogP) is 14.6. The number of aromatic nitrogens is 2. The van der Waals surface area contributed by atoms with Gasteiger partial charge in [-0.1, -0.05) is 162 Å². The van der Waals surface area contributed by atoms with Crippen molar-refractivity contribution in [3.8, 4) is 44.8 Å². The van der Waals surface area contributed by atoms with Gasteiger partial charge in [0.15, 0.2) is 0 Å². The fourth-order valence-electron chi connectivity index (χ4n) is 7.26. The molecule has 2 heterocycles. The van der Waals surface area contributed by atoms with Gasteiger partial charge in [-0.05, 0) is 103 Å². The Morgan fingerprint density at radius 2 is 0.792 bits per heavy atom. The van der Waals surface area contributed by atoms with E-state index in [0.717, 1.165) is 33.5 Å². The molecule has 0 saturated carbocycles. The average molecular weight is 697 g/mol. The molecule has 270 valence electrons. The van der Waals surface area contributed by atoms with Crippen molar-refractivity contribution in [2.45, 2.75) is 105 Å². The molecular weight excluding hydrogens is 641 g/mol. The molecule has 5 aromatic carbocycles. The van der Waals surface area contributed by atoms with Crippen molar-refractivity contribution in [2.75, 3.05) is 0 Å². The number of H-pyrrole nitrogens is 1. The minimum atomic E-state index is 0.0125. The number of pyridine rings is 1. The lowest BCUT2D eigenvalue weighted by Gasteiger charge is -2.27. The zero-order valence-electron chi connectivity index (χ0n) is 33.9. The van der Waals surface area contributed by atoms with Crippen LogP contribution in [-0.4, -0.2) is 9.97 Å². The first-order valence-electron chi connectivity index (χ1n) is 19.2. The van der Waals surface area contributed by atoms with Crippen LogP contribution >= 0.6 is 0 Å². The number of benzene rings is 5. The Morgan fingerprint density at radius 3 is 1.30 bits per heavy atom. The Balaban J connectivity index is 1.48. The van der Waals surface area contributed by atoms with Gasteiger partial charge in [0.05, 0.1) is 16.9 Å². The summed E-state index contributed by atoms with van der Waals surface area (Å²) in [6.45, 7) is 27.8. The van der Waals surface area contributed by atoms with Crippen molar-refractivity contribution in [3.05, 3.63) is 138 Å². The molecule has 2 heteroatoms. The van der Waals surface area contributed by atoms with E-state index in [4.69, 9.17) is 4.98 Å². The quantitative estimate of drug-likeness (QED) is 0.195. The lowest BCUT2D eigenvalue weighted by atomic mass is 9.78. The molecule has 0 saturated heterocycles. The fraction of sp³-hybridized carbons (Fsp3) is 0.314. The maximum absolute atomic E-state index is 5.41. The molecule has 0 amide bonds. The molecule has 7 aromatic rings. The zero-order chi connectivity index (χ0) is 38.1. The molecule has 2 aromatic heterocycles. The van der Waals surface area contributed by atoms with E-state index in [0.29, 0.717) is 0 Å². The van der Waals surface area contributed by atoms with Crippen LogP contribution in [0.4, 0.5) is 0 Å². The van der Waals surface area contributed by atoms with Gasteiger partial charge < -0.3 is 4.98 Å². The van der Waals surface area contributed by atoms with Crippen LogP contribution in [0.3, 0.4) is 0 Å². The number of para-hydroxylation sites is 2. The number of nitrogens with zero attached hydrogens (tertiary/aromatic N) is 1. The third-order valence-corrected chi connectivity index (χ3v) is 10.8. The van der Waals surface area contributed by atoms with E-state index < -0.39 is 0 Å². The molecule has 0 bridgehead atoms. The Labute approximate surface area is 317 Å². The highest BCUT2D eigenvalue weighted by Gasteiger charge is 2.24. The summed E-state index contributed by atoms with van der Waals surface area (Å²) in [6.07, 6.45) is 0. The Bertz CT molecular complexity index is 2320. The number of aromatic amines is 1. The largest absolute Gasteiger partial charge is 0.354 e. The van der Waals surface area contributed by atoms with Gasteiger partial charge in [-0.25, -0.2) is 4.98 Å². The Kier molecular flexibility index (Phi) is 8.84. The van der Waals surface area contributed by atoms with Crippen LogP contribution in [-0.2, 0) is 21.7 Å². The maximum Gasteiger partial charge on any atom is 0.0730 e. The van der Waals surface area contributed by atoms with Crippen molar-refractivity contribution >= 4 is 21.8 Å². The first-order chi connectivity index (χ1) is 24.8. The molecule has 0 aliphatic carbocycles. The normalized spacial score (nSPS) is 12.9. The van der Waals surface area contributed by atoms with E-state index in [1.165, 1.54) is 55.3 Å². The summed E-state index contributed by atoms with van der Waals surface area (Å²) >= 11 is 0. The van der Waals surface area contributed by atoms with Crippen LogP contribution in [0.1, 0.15) is 105 Å². The van der Waals surface area contributed by atoms with Gasteiger partial charge in [0.2, 0.25) is 0 Å². The fourth-order valence-corrected chi connectivity index (χ4v) is 7.26. The van der Waals surface area contributed by atoms with Crippen LogP contribution in [0.15, 0.2) is 115 Å². The molecule has 0 unspecified atom stereocenters. The van der Waals surface area contributed by atoms with E-state index in [1.54, 1.807) is 0 Å². The second-order valence-electron chi connectivity index (χ2n) is 19.2. The minimum absolute atomic E-state index is 0.0125. The van der Waals surface area contributed by atoms with E-state index in [9.17, 15) is 0 Å². The van der Waals surface area contributed by atoms with Crippen LogP contribution < -0.4 is 0 Å². The molecule has 0 atom stereocenters. The third-order valence-electron chi connectivity index (χ3n) is 10.8. The molecule has 2 nitrogen and oxygen atoms in total. The molecule has 0 spiro atoms. The summed E-state index contributed by atoms with van der Waals surface area (Å²) in [7, 11) is 0. The van der Waals surface area contributed by atoms with Crippen molar-refractivity contribution in [3.63, 3.8) is 0 Å². The topological polar surface area (TPSA) is 28.7 Å². The molecule has 53 heavy (non-hydrogen) atoms. The van der Waals surface area contributed by atoms with Gasteiger partial charge in [0.1, 0.15) is 0 Å². The van der Waals surface area contributed by atoms with Crippen LogP contribution in [0.25, 0.3) is 66.6 Å². The number of nitrogens with one attached hydrogen (secondary N) is 1. The highest BCUT2D eigenvalue weighted by molar-refractivity contribution is 6.11. The molecule has 1 N–H and O–H groups in total. The average Bonchev–Trinajstić information content (AvgIpc) is 3.49. The summed E-state index contributed by atoms with van der Waals surface area (Å²) in [5, 5.41) is 2.45. The maximum atomic E-state index is 5.41. The molecule has 0 aliphatic rings. The summed E-state index contributed by atoms with van der Waals surface area (Å²) in [5.74, 6) is 0.